The molecule has 2 aliphatic rings. The molecular formula is C26H30N6O. The highest BCUT2D eigenvalue weighted by Gasteiger charge is 2.32. The number of amides is 1. The zero-order valence-electron chi connectivity index (χ0n) is 19.3. The van der Waals surface area contributed by atoms with Crippen LogP contribution in [0.4, 0.5) is 5.69 Å². The van der Waals surface area contributed by atoms with Gasteiger partial charge in [0.15, 0.2) is 5.82 Å². The van der Waals surface area contributed by atoms with Crippen LogP contribution in [0.1, 0.15) is 56.3 Å². The van der Waals surface area contributed by atoms with Gasteiger partial charge in [-0.1, -0.05) is 31.0 Å². The number of aryl methyl sites for hydroxylation is 1. The van der Waals surface area contributed by atoms with Gasteiger partial charge in [0.2, 0.25) is 5.91 Å². The van der Waals surface area contributed by atoms with Gasteiger partial charge in [-0.25, -0.2) is 9.67 Å². The number of nitrogens with zero attached hydrogens (tertiary/aromatic N) is 6. The number of hydrogen-bond donors (Lipinski definition) is 0. The van der Waals surface area contributed by atoms with E-state index in [0.29, 0.717) is 31.4 Å². The Morgan fingerprint density at radius 2 is 1.85 bits per heavy atom. The maximum absolute atomic E-state index is 13.6. The van der Waals surface area contributed by atoms with E-state index >= 15 is 0 Å². The van der Waals surface area contributed by atoms with Crippen LogP contribution < -0.4 is 0 Å². The van der Waals surface area contributed by atoms with Crippen molar-refractivity contribution in [1.29, 1.82) is 0 Å². The fourth-order valence-electron chi connectivity index (χ4n) is 5.11. The van der Waals surface area contributed by atoms with E-state index in [1.165, 1.54) is 18.4 Å². The van der Waals surface area contributed by atoms with Crippen LogP contribution in [-0.2, 0) is 11.3 Å². The Bertz CT molecular complexity index is 1160. The van der Waals surface area contributed by atoms with Gasteiger partial charge in [-0.15, -0.1) is 0 Å². The highest BCUT2D eigenvalue weighted by atomic mass is 16.2. The van der Waals surface area contributed by atoms with Crippen molar-refractivity contribution < 1.29 is 4.79 Å². The van der Waals surface area contributed by atoms with Crippen LogP contribution in [0.5, 0.6) is 0 Å². The number of aromatic nitrogens is 4. The molecule has 0 N–H and O–H groups in total. The SMILES string of the molecule is CC1=Nc2ccccc2C1CC(=O)N(CCn1nc(-c2ccncc2)nc1C)C1CCCC1. The minimum Gasteiger partial charge on any atom is -0.338 e. The average Bonchev–Trinajstić information content (AvgIpc) is 3.55. The van der Waals surface area contributed by atoms with Gasteiger partial charge in [0.1, 0.15) is 5.82 Å². The van der Waals surface area contributed by atoms with E-state index < -0.39 is 0 Å². The Balaban J connectivity index is 1.31. The topological polar surface area (TPSA) is 76.3 Å². The molecule has 1 saturated carbocycles. The first-order valence-corrected chi connectivity index (χ1v) is 11.9. The first-order chi connectivity index (χ1) is 16.1. The van der Waals surface area contributed by atoms with E-state index in [9.17, 15) is 4.79 Å². The molecular weight excluding hydrogens is 412 g/mol. The van der Waals surface area contributed by atoms with Gasteiger partial charge in [0.05, 0.1) is 12.2 Å². The van der Waals surface area contributed by atoms with Gasteiger partial charge in [-0.05, 0) is 50.5 Å². The van der Waals surface area contributed by atoms with Gasteiger partial charge in [0.25, 0.3) is 0 Å². The minimum absolute atomic E-state index is 0.0731. The molecule has 0 saturated heterocycles. The molecule has 1 atom stereocenters. The fourth-order valence-corrected chi connectivity index (χ4v) is 5.11. The number of benzene rings is 1. The number of fused-ring (bicyclic) bond motifs is 1. The lowest BCUT2D eigenvalue weighted by molar-refractivity contribution is -0.133. The third-order valence-electron chi connectivity index (χ3n) is 6.93. The molecule has 1 unspecified atom stereocenters. The van der Waals surface area contributed by atoms with Crippen LogP contribution in [0.25, 0.3) is 11.4 Å². The Morgan fingerprint density at radius 3 is 2.64 bits per heavy atom. The number of pyridine rings is 1. The molecule has 7 heteroatoms. The summed E-state index contributed by atoms with van der Waals surface area (Å²) >= 11 is 0. The van der Waals surface area contributed by atoms with Crippen LogP contribution in [0, 0.1) is 6.92 Å². The van der Waals surface area contributed by atoms with E-state index in [1.54, 1.807) is 12.4 Å². The molecule has 0 radical (unpaired) electrons. The predicted octanol–water partition coefficient (Wildman–Crippen LogP) is 4.70. The molecule has 7 nitrogen and oxygen atoms in total. The van der Waals surface area contributed by atoms with Crippen LogP contribution in [0.2, 0.25) is 0 Å². The molecule has 5 rings (SSSR count). The van der Waals surface area contributed by atoms with Crippen molar-refractivity contribution in [1.82, 2.24) is 24.6 Å². The second kappa shape index (κ2) is 9.25. The number of para-hydroxylation sites is 1. The first kappa shape index (κ1) is 21.5. The summed E-state index contributed by atoms with van der Waals surface area (Å²) in [6.45, 7) is 5.29. The maximum Gasteiger partial charge on any atom is 0.223 e. The fraction of sp³-hybridized carbons (Fsp3) is 0.423. The summed E-state index contributed by atoms with van der Waals surface area (Å²) in [5.74, 6) is 1.84. The summed E-state index contributed by atoms with van der Waals surface area (Å²) in [5.41, 5.74) is 4.15. The molecule has 2 aromatic heterocycles. The monoisotopic (exact) mass is 442 g/mol. The van der Waals surface area contributed by atoms with E-state index in [4.69, 9.17) is 10.1 Å². The van der Waals surface area contributed by atoms with Crippen LogP contribution >= 0.6 is 0 Å². The summed E-state index contributed by atoms with van der Waals surface area (Å²) < 4.78 is 1.92. The molecule has 0 bridgehead atoms. The minimum atomic E-state index is 0.0731. The molecule has 1 aliphatic carbocycles. The molecule has 0 spiro atoms. The van der Waals surface area contributed by atoms with Crippen molar-refractivity contribution in [2.24, 2.45) is 4.99 Å². The van der Waals surface area contributed by atoms with Crippen molar-refractivity contribution in [3.8, 4) is 11.4 Å². The molecule has 170 valence electrons. The maximum atomic E-state index is 13.6. The van der Waals surface area contributed by atoms with E-state index in [-0.39, 0.29) is 11.8 Å². The van der Waals surface area contributed by atoms with Gasteiger partial charge in [0, 0.05) is 48.6 Å². The normalized spacial score (nSPS) is 17.8. The molecule has 1 aliphatic heterocycles. The molecule has 3 heterocycles. The van der Waals surface area contributed by atoms with Crippen molar-refractivity contribution in [2.45, 2.75) is 64.5 Å². The smallest absolute Gasteiger partial charge is 0.223 e. The third-order valence-corrected chi connectivity index (χ3v) is 6.93. The zero-order chi connectivity index (χ0) is 22.8. The van der Waals surface area contributed by atoms with Gasteiger partial charge >= 0.3 is 0 Å². The van der Waals surface area contributed by atoms with Crippen LogP contribution in [0.3, 0.4) is 0 Å². The molecule has 1 aromatic carbocycles. The zero-order valence-corrected chi connectivity index (χ0v) is 19.3. The highest BCUT2D eigenvalue weighted by Crippen LogP contribution is 2.38. The lowest BCUT2D eigenvalue weighted by Gasteiger charge is -2.30. The third kappa shape index (κ3) is 4.45. The van der Waals surface area contributed by atoms with Crippen molar-refractivity contribution in [3.63, 3.8) is 0 Å². The summed E-state index contributed by atoms with van der Waals surface area (Å²) in [6, 6.07) is 12.3. The Kier molecular flexibility index (Phi) is 6.03. The summed E-state index contributed by atoms with van der Waals surface area (Å²) in [6.07, 6.45) is 8.51. The Morgan fingerprint density at radius 1 is 1.09 bits per heavy atom. The van der Waals surface area contributed by atoms with Gasteiger partial charge < -0.3 is 4.90 Å². The van der Waals surface area contributed by atoms with Gasteiger partial charge in [-0.3, -0.25) is 14.8 Å². The molecule has 3 aromatic rings. The largest absolute Gasteiger partial charge is 0.338 e. The van der Waals surface area contributed by atoms with E-state index in [2.05, 4.69) is 20.9 Å². The number of carbonyl (C=O) groups excluding carboxylic acids is 1. The molecule has 1 fully saturated rings. The highest BCUT2D eigenvalue weighted by molar-refractivity contribution is 5.99. The first-order valence-electron chi connectivity index (χ1n) is 11.9. The summed E-state index contributed by atoms with van der Waals surface area (Å²) in [4.78, 5) is 29.1. The quantitative estimate of drug-likeness (QED) is 0.531. The summed E-state index contributed by atoms with van der Waals surface area (Å²) in [5, 5.41) is 4.70. The predicted molar refractivity (Wildman–Crippen MR) is 129 cm³/mol. The number of rotatable bonds is 7. The van der Waals surface area contributed by atoms with E-state index in [1.807, 2.05) is 48.9 Å². The van der Waals surface area contributed by atoms with Gasteiger partial charge in [-0.2, -0.15) is 5.10 Å². The standard InChI is InChI=1S/C26H30N6O/c1-18-23(22-9-5-6-10-24(22)28-18)17-25(33)31(21-7-3-4-8-21)15-16-32-19(2)29-26(30-32)20-11-13-27-14-12-20/h5-6,9-14,21,23H,3-4,7-8,15-17H2,1-2H3. The lowest BCUT2D eigenvalue weighted by atomic mass is 9.92. The van der Waals surface area contributed by atoms with Crippen LogP contribution in [0.15, 0.2) is 53.8 Å². The number of hydrogen-bond acceptors (Lipinski definition) is 5. The second-order valence-electron chi connectivity index (χ2n) is 9.04. The van der Waals surface area contributed by atoms with Crippen molar-refractivity contribution in [2.75, 3.05) is 6.54 Å². The number of aliphatic imine (C=N–C) groups is 1. The van der Waals surface area contributed by atoms with Crippen molar-refractivity contribution >= 4 is 17.3 Å². The van der Waals surface area contributed by atoms with E-state index in [0.717, 1.165) is 35.6 Å². The molecule has 1 amide bonds. The Labute approximate surface area is 194 Å². The van der Waals surface area contributed by atoms with Crippen molar-refractivity contribution in [3.05, 3.63) is 60.2 Å². The van der Waals surface area contributed by atoms with Crippen LogP contribution in [-0.4, -0.2) is 48.9 Å². The summed E-state index contributed by atoms with van der Waals surface area (Å²) in [7, 11) is 0. The lowest BCUT2D eigenvalue weighted by Crippen LogP contribution is -2.42. The molecule has 33 heavy (non-hydrogen) atoms. The second-order valence-corrected chi connectivity index (χ2v) is 9.04. The number of carbonyl (C=O) groups is 1. The average molecular weight is 443 g/mol. The Hall–Kier alpha value is -3.35.